The van der Waals surface area contributed by atoms with E-state index in [0.717, 1.165) is 56.4 Å². The minimum atomic E-state index is 0.139. The number of quaternary nitrogens is 1. The summed E-state index contributed by atoms with van der Waals surface area (Å²) in [5, 5.41) is 4.15. The first-order valence-electron chi connectivity index (χ1n) is 10.9. The summed E-state index contributed by atoms with van der Waals surface area (Å²) in [5.74, 6) is 1.26. The molecular weight excluding hydrogens is 382 g/mol. The summed E-state index contributed by atoms with van der Waals surface area (Å²) in [6.07, 6.45) is 5.24. The minimum Gasteiger partial charge on any atom is -0.350 e. The third-order valence-corrected chi connectivity index (χ3v) is 6.98. The standard InChI is InChI=1S/C22H31N5OS/c1-17-4-6-18(7-5-17)16-20-24-22(29-25-20)27-13-8-19(9-14-27)21(28)23-10-15-26-11-2-3-12-26/h4-7,19H,2-3,8-16H2,1H3,(H,23,28)/p+1. The molecule has 0 radical (unpaired) electrons. The van der Waals surface area contributed by atoms with Gasteiger partial charge in [0.2, 0.25) is 11.0 Å². The van der Waals surface area contributed by atoms with Crippen LogP contribution in [0.4, 0.5) is 5.13 Å². The monoisotopic (exact) mass is 414 g/mol. The lowest BCUT2D eigenvalue weighted by atomic mass is 9.96. The van der Waals surface area contributed by atoms with Gasteiger partial charge in [-0.2, -0.15) is 4.37 Å². The van der Waals surface area contributed by atoms with Crippen LogP contribution in [0.2, 0.25) is 0 Å². The first kappa shape index (κ1) is 20.3. The van der Waals surface area contributed by atoms with Crippen molar-refractivity contribution in [2.75, 3.05) is 44.2 Å². The molecule has 2 aliphatic rings. The second-order valence-electron chi connectivity index (χ2n) is 8.42. The zero-order valence-electron chi connectivity index (χ0n) is 17.3. The number of amides is 1. The number of piperidine rings is 1. The second-order valence-corrected chi connectivity index (χ2v) is 9.15. The van der Waals surface area contributed by atoms with Crippen LogP contribution in [0.3, 0.4) is 0 Å². The third kappa shape index (κ3) is 5.54. The number of nitrogens with zero attached hydrogens (tertiary/aromatic N) is 3. The Morgan fingerprint density at radius 2 is 1.93 bits per heavy atom. The molecule has 29 heavy (non-hydrogen) atoms. The van der Waals surface area contributed by atoms with Gasteiger partial charge in [-0.05, 0) is 25.3 Å². The number of benzene rings is 1. The van der Waals surface area contributed by atoms with Gasteiger partial charge in [-0.15, -0.1) is 0 Å². The van der Waals surface area contributed by atoms with Crippen molar-refractivity contribution < 1.29 is 9.69 Å². The molecule has 0 saturated carbocycles. The van der Waals surface area contributed by atoms with Crippen LogP contribution in [0, 0.1) is 12.8 Å². The van der Waals surface area contributed by atoms with Gasteiger partial charge in [0.05, 0.1) is 26.2 Å². The molecule has 2 aromatic rings. The Morgan fingerprint density at radius 3 is 2.66 bits per heavy atom. The molecule has 3 heterocycles. The summed E-state index contributed by atoms with van der Waals surface area (Å²) < 4.78 is 4.55. The Morgan fingerprint density at radius 1 is 1.21 bits per heavy atom. The van der Waals surface area contributed by atoms with Crippen LogP contribution in [0.5, 0.6) is 0 Å². The molecule has 0 aliphatic carbocycles. The van der Waals surface area contributed by atoms with Gasteiger partial charge in [-0.3, -0.25) is 4.79 Å². The molecule has 0 spiro atoms. The number of hydrogen-bond acceptors (Lipinski definition) is 5. The number of aryl methyl sites for hydroxylation is 1. The lowest BCUT2D eigenvalue weighted by Gasteiger charge is -2.30. The highest BCUT2D eigenvalue weighted by Crippen LogP contribution is 2.25. The summed E-state index contributed by atoms with van der Waals surface area (Å²) in [4.78, 5) is 21.2. The summed E-state index contributed by atoms with van der Waals surface area (Å²) in [6.45, 7) is 8.28. The lowest BCUT2D eigenvalue weighted by molar-refractivity contribution is -0.886. The van der Waals surface area contributed by atoms with Gasteiger partial charge >= 0.3 is 0 Å². The highest BCUT2D eigenvalue weighted by Gasteiger charge is 2.27. The number of likely N-dealkylation sites (tertiary alicyclic amines) is 1. The first-order chi connectivity index (χ1) is 14.2. The van der Waals surface area contributed by atoms with E-state index in [1.165, 1.54) is 48.6 Å². The van der Waals surface area contributed by atoms with Gasteiger partial charge in [0, 0.05) is 49.8 Å². The maximum Gasteiger partial charge on any atom is 0.223 e. The van der Waals surface area contributed by atoms with Crippen LogP contribution in [0.15, 0.2) is 24.3 Å². The molecule has 0 bridgehead atoms. The van der Waals surface area contributed by atoms with Gasteiger partial charge in [-0.1, -0.05) is 29.8 Å². The molecule has 0 atom stereocenters. The molecule has 6 nitrogen and oxygen atoms in total. The Bertz CT molecular complexity index is 792. The van der Waals surface area contributed by atoms with Gasteiger partial charge in [0.25, 0.3) is 0 Å². The molecule has 4 rings (SSSR count). The van der Waals surface area contributed by atoms with E-state index in [-0.39, 0.29) is 11.8 Å². The molecule has 2 saturated heterocycles. The van der Waals surface area contributed by atoms with E-state index in [2.05, 4.69) is 45.8 Å². The maximum absolute atomic E-state index is 12.5. The summed E-state index contributed by atoms with van der Waals surface area (Å²) in [5.41, 5.74) is 2.51. The van der Waals surface area contributed by atoms with E-state index in [1.807, 2.05) is 0 Å². The number of aromatic nitrogens is 2. The predicted octanol–water partition coefficient (Wildman–Crippen LogP) is 1.45. The number of nitrogens with one attached hydrogen (secondary N) is 2. The van der Waals surface area contributed by atoms with E-state index in [0.29, 0.717) is 0 Å². The molecule has 2 fully saturated rings. The van der Waals surface area contributed by atoms with Crippen molar-refractivity contribution in [3.63, 3.8) is 0 Å². The van der Waals surface area contributed by atoms with Crippen LogP contribution >= 0.6 is 11.5 Å². The molecule has 2 N–H and O–H groups in total. The van der Waals surface area contributed by atoms with Crippen molar-refractivity contribution in [3.8, 4) is 0 Å². The van der Waals surface area contributed by atoms with Crippen LogP contribution in [0.25, 0.3) is 0 Å². The number of anilines is 1. The quantitative estimate of drug-likeness (QED) is 0.720. The van der Waals surface area contributed by atoms with Gasteiger partial charge in [-0.25, -0.2) is 4.98 Å². The van der Waals surface area contributed by atoms with Crippen LogP contribution in [0.1, 0.15) is 42.6 Å². The largest absolute Gasteiger partial charge is 0.350 e. The molecular formula is C22H32N5OS+. The van der Waals surface area contributed by atoms with Crippen molar-refractivity contribution in [1.82, 2.24) is 14.7 Å². The normalized spacial score (nSPS) is 18.3. The maximum atomic E-state index is 12.5. The van der Waals surface area contributed by atoms with Crippen LogP contribution in [-0.2, 0) is 11.2 Å². The van der Waals surface area contributed by atoms with Gasteiger partial charge in [0.1, 0.15) is 5.82 Å². The molecule has 1 amide bonds. The van der Waals surface area contributed by atoms with Crippen molar-refractivity contribution in [3.05, 3.63) is 41.2 Å². The molecule has 7 heteroatoms. The highest BCUT2D eigenvalue weighted by molar-refractivity contribution is 7.09. The fourth-order valence-electron chi connectivity index (χ4n) is 4.30. The first-order valence-corrected chi connectivity index (χ1v) is 11.7. The smallest absolute Gasteiger partial charge is 0.223 e. The number of hydrogen-bond donors (Lipinski definition) is 2. The van der Waals surface area contributed by atoms with Crippen LogP contribution in [-0.4, -0.2) is 54.5 Å². The molecule has 1 aromatic carbocycles. The fourth-order valence-corrected chi connectivity index (χ4v) is 5.03. The average Bonchev–Trinajstić information content (AvgIpc) is 3.42. The van der Waals surface area contributed by atoms with Crippen molar-refractivity contribution in [2.24, 2.45) is 5.92 Å². The molecule has 1 aromatic heterocycles. The van der Waals surface area contributed by atoms with E-state index in [4.69, 9.17) is 4.98 Å². The average molecular weight is 415 g/mol. The number of carbonyl (C=O) groups is 1. The Labute approximate surface area is 177 Å². The number of rotatable bonds is 7. The minimum absolute atomic E-state index is 0.139. The fraction of sp³-hybridized carbons (Fsp3) is 0.591. The Hall–Kier alpha value is -1.99. The van der Waals surface area contributed by atoms with E-state index >= 15 is 0 Å². The van der Waals surface area contributed by atoms with Crippen molar-refractivity contribution in [1.29, 1.82) is 0 Å². The second kappa shape index (κ2) is 9.67. The SMILES string of the molecule is Cc1ccc(Cc2nsc(N3CCC(C(=O)NCC[NH+]4CCCC4)CC3)n2)cc1. The highest BCUT2D eigenvalue weighted by atomic mass is 32.1. The topological polar surface area (TPSA) is 62.6 Å². The number of carbonyl (C=O) groups excluding carboxylic acids is 1. The van der Waals surface area contributed by atoms with E-state index in [9.17, 15) is 4.79 Å². The zero-order valence-corrected chi connectivity index (χ0v) is 18.1. The summed E-state index contributed by atoms with van der Waals surface area (Å²) in [6, 6.07) is 8.55. The predicted molar refractivity (Wildman–Crippen MR) is 117 cm³/mol. The lowest BCUT2D eigenvalue weighted by Crippen LogP contribution is -3.10. The summed E-state index contributed by atoms with van der Waals surface area (Å²) >= 11 is 1.48. The molecule has 156 valence electrons. The zero-order chi connectivity index (χ0) is 20.1. The van der Waals surface area contributed by atoms with E-state index in [1.54, 1.807) is 4.90 Å². The van der Waals surface area contributed by atoms with Crippen molar-refractivity contribution in [2.45, 2.75) is 39.0 Å². The Kier molecular flexibility index (Phi) is 6.77. The van der Waals surface area contributed by atoms with Crippen LogP contribution < -0.4 is 15.1 Å². The van der Waals surface area contributed by atoms with Crippen molar-refractivity contribution >= 4 is 22.6 Å². The van der Waals surface area contributed by atoms with Gasteiger partial charge < -0.3 is 15.1 Å². The Balaban J connectivity index is 1.21. The molecule has 0 unspecified atom stereocenters. The third-order valence-electron chi connectivity index (χ3n) is 6.16. The molecule has 2 aliphatic heterocycles. The van der Waals surface area contributed by atoms with Gasteiger partial charge in [0.15, 0.2) is 0 Å². The summed E-state index contributed by atoms with van der Waals surface area (Å²) in [7, 11) is 0. The van der Waals surface area contributed by atoms with E-state index < -0.39 is 0 Å².